The molecule has 1 rings (SSSR count). The lowest BCUT2D eigenvalue weighted by Gasteiger charge is -2.09. The number of aryl methyl sites for hydroxylation is 2. The molecule has 1 N–H and O–H groups in total. The first-order chi connectivity index (χ1) is 7.13. The van der Waals surface area contributed by atoms with E-state index in [1.807, 2.05) is 13.8 Å². The first kappa shape index (κ1) is 12.2. The first-order valence-corrected chi connectivity index (χ1v) is 5.77. The second-order valence-electron chi connectivity index (χ2n) is 4.27. The molecule has 0 amide bonds. The van der Waals surface area contributed by atoms with Crippen molar-refractivity contribution >= 4 is 0 Å². The summed E-state index contributed by atoms with van der Waals surface area (Å²) < 4.78 is 5.48. The average Bonchev–Trinajstić information content (AvgIpc) is 2.46. The predicted molar refractivity (Wildman–Crippen MR) is 61.8 cm³/mol. The van der Waals surface area contributed by atoms with Gasteiger partial charge in [-0.2, -0.15) is 0 Å². The Kier molecular flexibility index (Phi) is 4.82. The van der Waals surface area contributed by atoms with Gasteiger partial charge in [0.15, 0.2) is 0 Å². The van der Waals surface area contributed by atoms with E-state index < -0.39 is 0 Å². The van der Waals surface area contributed by atoms with Crippen LogP contribution in [0.5, 0.6) is 0 Å². The maximum Gasteiger partial charge on any atom is 0.208 e. The lowest BCUT2D eigenvalue weighted by atomic mass is 10.1. The quantitative estimate of drug-likeness (QED) is 0.784. The predicted octanol–water partition coefficient (Wildman–Crippen LogP) is 2.82. The molecule has 0 spiro atoms. The summed E-state index contributed by atoms with van der Waals surface area (Å²) in [5, 5.41) is 3.37. The highest BCUT2D eigenvalue weighted by Crippen LogP contribution is 2.08. The van der Waals surface area contributed by atoms with Crippen LogP contribution in [-0.4, -0.2) is 11.5 Å². The van der Waals surface area contributed by atoms with Crippen molar-refractivity contribution in [3.8, 4) is 0 Å². The van der Waals surface area contributed by atoms with Crippen molar-refractivity contribution in [2.75, 3.05) is 6.54 Å². The highest BCUT2D eigenvalue weighted by molar-refractivity contribution is 5.05. The van der Waals surface area contributed by atoms with Gasteiger partial charge >= 0.3 is 0 Å². The fourth-order valence-corrected chi connectivity index (χ4v) is 1.64. The molecule has 0 aliphatic heterocycles. The maximum absolute atomic E-state index is 5.48. The van der Waals surface area contributed by atoms with Crippen LogP contribution in [0.3, 0.4) is 0 Å². The molecule has 0 radical (unpaired) electrons. The standard InChI is InChI=1S/C12H22N2O/c1-5-6-9(2)7-13-8-12-14-10(3)11(4)15-12/h9,13H,5-8H2,1-4H3. The Morgan fingerprint density at radius 3 is 2.67 bits per heavy atom. The molecule has 0 aliphatic rings. The number of nitrogens with zero attached hydrogens (tertiary/aromatic N) is 1. The monoisotopic (exact) mass is 210 g/mol. The molecular weight excluding hydrogens is 188 g/mol. The average molecular weight is 210 g/mol. The Balaban J connectivity index is 2.25. The van der Waals surface area contributed by atoms with Crippen LogP contribution in [0.25, 0.3) is 0 Å². The first-order valence-electron chi connectivity index (χ1n) is 5.77. The maximum atomic E-state index is 5.48. The number of hydrogen-bond acceptors (Lipinski definition) is 3. The molecule has 86 valence electrons. The molecule has 1 unspecified atom stereocenters. The van der Waals surface area contributed by atoms with E-state index in [0.717, 1.165) is 36.4 Å². The Morgan fingerprint density at radius 1 is 1.40 bits per heavy atom. The Labute approximate surface area is 92.3 Å². The molecule has 0 aromatic carbocycles. The second-order valence-corrected chi connectivity index (χ2v) is 4.27. The van der Waals surface area contributed by atoms with Crippen LogP contribution in [0.4, 0.5) is 0 Å². The Hall–Kier alpha value is -0.830. The minimum Gasteiger partial charge on any atom is -0.444 e. The van der Waals surface area contributed by atoms with Gasteiger partial charge in [0.1, 0.15) is 5.76 Å². The molecule has 3 heteroatoms. The SMILES string of the molecule is CCCC(C)CNCc1nc(C)c(C)o1. The van der Waals surface area contributed by atoms with Gasteiger partial charge in [-0.3, -0.25) is 0 Å². The van der Waals surface area contributed by atoms with Crippen molar-refractivity contribution in [1.29, 1.82) is 0 Å². The number of oxazole rings is 1. The Bertz CT molecular complexity index is 274. The zero-order valence-electron chi connectivity index (χ0n) is 10.3. The van der Waals surface area contributed by atoms with Gasteiger partial charge in [0.2, 0.25) is 5.89 Å². The normalized spacial score (nSPS) is 13.1. The summed E-state index contributed by atoms with van der Waals surface area (Å²) in [6.07, 6.45) is 2.52. The summed E-state index contributed by atoms with van der Waals surface area (Å²) in [5.74, 6) is 2.45. The number of hydrogen-bond donors (Lipinski definition) is 1. The van der Waals surface area contributed by atoms with Crippen LogP contribution in [0.2, 0.25) is 0 Å². The van der Waals surface area contributed by atoms with Crippen LogP contribution in [0.15, 0.2) is 4.42 Å². The molecular formula is C12H22N2O. The summed E-state index contributed by atoms with van der Waals surface area (Å²) in [6.45, 7) is 10.2. The highest BCUT2D eigenvalue weighted by Gasteiger charge is 2.05. The van der Waals surface area contributed by atoms with Gasteiger partial charge in [-0.05, 0) is 32.7 Å². The lowest BCUT2D eigenvalue weighted by Crippen LogP contribution is -2.20. The minimum atomic E-state index is 0.729. The van der Waals surface area contributed by atoms with Crippen molar-refractivity contribution < 1.29 is 4.42 Å². The molecule has 1 heterocycles. The van der Waals surface area contributed by atoms with E-state index in [1.165, 1.54) is 12.8 Å². The van der Waals surface area contributed by atoms with E-state index in [-0.39, 0.29) is 0 Å². The van der Waals surface area contributed by atoms with Gasteiger partial charge < -0.3 is 9.73 Å². The molecule has 1 aromatic heterocycles. The molecule has 0 bridgehead atoms. The second kappa shape index (κ2) is 5.91. The molecule has 0 saturated carbocycles. The van der Waals surface area contributed by atoms with E-state index in [1.54, 1.807) is 0 Å². The third-order valence-corrected chi connectivity index (χ3v) is 2.62. The van der Waals surface area contributed by atoms with Crippen molar-refractivity contribution in [1.82, 2.24) is 10.3 Å². The van der Waals surface area contributed by atoms with Gasteiger partial charge in [0, 0.05) is 0 Å². The summed E-state index contributed by atoms with van der Waals surface area (Å²) in [7, 11) is 0. The van der Waals surface area contributed by atoms with E-state index >= 15 is 0 Å². The van der Waals surface area contributed by atoms with Gasteiger partial charge in [-0.25, -0.2) is 4.98 Å². The summed E-state index contributed by atoms with van der Waals surface area (Å²) in [5.41, 5.74) is 0.994. The third kappa shape index (κ3) is 4.04. The van der Waals surface area contributed by atoms with E-state index in [2.05, 4.69) is 24.1 Å². The minimum absolute atomic E-state index is 0.729. The number of aromatic nitrogens is 1. The van der Waals surface area contributed by atoms with E-state index in [9.17, 15) is 0 Å². The van der Waals surface area contributed by atoms with Crippen LogP contribution >= 0.6 is 0 Å². The van der Waals surface area contributed by atoms with E-state index in [4.69, 9.17) is 4.42 Å². The van der Waals surface area contributed by atoms with Gasteiger partial charge in [0.05, 0.1) is 12.2 Å². The van der Waals surface area contributed by atoms with Crippen molar-refractivity contribution in [3.05, 3.63) is 17.3 Å². The largest absolute Gasteiger partial charge is 0.444 e. The molecule has 0 fully saturated rings. The van der Waals surface area contributed by atoms with Gasteiger partial charge in [-0.15, -0.1) is 0 Å². The highest BCUT2D eigenvalue weighted by atomic mass is 16.4. The zero-order valence-corrected chi connectivity index (χ0v) is 10.3. The van der Waals surface area contributed by atoms with Crippen LogP contribution in [0, 0.1) is 19.8 Å². The van der Waals surface area contributed by atoms with Crippen molar-refractivity contribution in [2.45, 2.75) is 47.1 Å². The molecule has 0 aliphatic carbocycles. The van der Waals surface area contributed by atoms with Gasteiger partial charge in [0.25, 0.3) is 0 Å². The third-order valence-electron chi connectivity index (χ3n) is 2.62. The van der Waals surface area contributed by atoms with Crippen molar-refractivity contribution in [2.24, 2.45) is 5.92 Å². The molecule has 15 heavy (non-hydrogen) atoms. The smallest absolute Gasteiger partial charge is 0.208 e. The fourth-order valence-electron chi connectivity index (χ4n) is 1.64. The van der Waals surface area contributed by atoms with Crippen LogP contribution in [0.1, 0.15) is 44.0 Å². The Morgan fingerprint density at radius 2 is 2.13 bits per heavy atom. The molecule has 1 atom stereocenters. The summed E-state index contributed by atoms with van der Waals surface area (Å²) in [6, 6.07) is 0. The number of rotatable bonds is 6. The number of nitrogens with one attached hydrogen (secondary N) is 1. The van der Waals surface area contributed by atoms with Crippen LogP contribution < -0.4 is 5.32 Å². The lowest BCUT2D eigenvalue weighted by molar-refractivity contribution is 0.420. The van der Waals surface area contributed by atoms with Gasteiger partial charge in [-0.1, -0.05) is 20.3 Å². The summed E-state index contributed by atoms with van der Waals surface area (Å²) in [4.78, 5) is 4.32. The van der Waals surface area contributed by atoms with Crippen LogP contribution in [-0.2, 0) is 6.54 Å². The van der Waals surface area contributed by atoms with Crippen molar-refractivity contribution in [3.63, 3.8) is 0 Å². The molecule has 3 nitrogen and oxygen atoms in total. The summed E-state index contributed by atoms with van der Waals surface area (Å²) >= 11 is 0. The molecule has 1 aromatic rings. The topological polar surface area (TPSA) is 38.1 Å². The molecule has 0 saturated heterocycles. The zero-order chi connectivity index (χ0) is 11.3. The fraction of sp³-hybridized carbons (Fsp3) is 0.750. The van der Waals surface area contributed by atoms with E-state index in [0.29, 0.717) is 0 Å².